The van der Waals surface area contributed by atoms with Crippen molar-refractivity contribution in [1.82, 2.24) is 0 Å². The van der Waals surface area contributed by atoms with Gasteiger partial charge in [0.2, 0.25) is 5.91 Å². The van der Waals surface area contributed by atoms with Gasteiger partial charge in [-0.3, -0.25) is 4.79 Å². The highest BCUT2D eigenvalue weighted by molar-refractivity contribution is 6.02. The van der Waals surface area contributed by atoms with Gasteiger partial charge in [-0.05, 0) is 35.9 Å². The Kier molecular flexibility index (Phi) is 7.51. The third kappa shape index (κ3) is 5.82. The minimum Gasteiger partial charge on any atom is -0.493 e. The van der Waals surface area contributed by atoms with Crippen LogP contribution in [0, 0.1) is 0 Å². The van der Waals surface area contributed by atoms with E-state index in [2.05, 4.69) is 5.32 Å². The van der Waals surface area contributed by atoms with Crippen LogP contribution in [0.5, 0.6) is 17.2 Å². The van der Waals surface area contributed by atoms with Crippen molar-refractivity contribution in [2.75, 3.05) is 39.9 Å². The van der Waals surface area contributed by atoms with Crippen LogP contribution in [0.1, 0.15) is 5.56 Å². The second-order valence-electron chi connectivity index (χ2n) is 5.31. The molecule has 1 amide bonds. The van der Waals surface area contributed by atoms with E-state index in [0.717, 1.165) is 5.56 Å². The number of carbonyl (C=O) groups excluding carboxylic acids is 1. The molecule has 6 nitrogen and oxygen atoms in total. The van der Waals surface area contributed by atoms with Gasteiger partial charge < -0.3 is 24.3 Å². The van der Waals surface area contributed by atoms with E-state index in [4.69, 9.17) is 18.9 Å². The summed E-state index contributed by atoms with van der Waals surface area (Å²) < 4.78 is 20.9. The summed E-state index contributed by atoms with van der Waals surface area (Å²) in [6, 6.07) is 12.6. The molecule has 0 aliphatic carbocycles. The molecule has 0 fully saturated rings. The van der Waals surface area contributed by atoms with Crippen LogP contribution in [0.3, 0.4) is 0 Å². The standard InChI is InChI=1S/C20H23NO5/c1-23-11-12-26-17-6-4-5-16(14-17)21-20(22)10-8-15-7-9-18(24-2)19(13-15)25-3/h4-10,13-14H,11-12H2,1-3H3,(H,21,22)/b10-8+. The first-order valence-electron chi connectivity index (χ1n) is 8.09. The number of anilines is 1. The van der Waals surface area contributed by atoms with Gasteiger partial charge >= 0.3 is 0 Å². The highest BCUT2D eigenvalue weighted by Crippen LogP contribution is 2.28. The van der Waals surface area contributed by atoms with E-state index in [1.165, 1.54) is 6.08 Å². The van der Waals surface area contributed by atoms with Crippen molar-refractivity contribution in [1.29, 1.82) is 0 Å². The van der Waals surface area contributed by atoms with Crippen LogP contribution in [0.25, 0.3) is 6.08 Å². The minimum atomic E-state index is -0.242. The number of ether oxygens (including phenoxy) is 4. The summed E-state index contributed by atoms with van der Waals surface area (Å²) in [5.74, 6) is 1.67. The Morgan fingerprint density at radius 3 is 2.54 bits per heavy atom. The molecule has 26 heavy (non-hydrogen) atoms. The van der Waals surface area contributed by atoms with E-state index >= 15 is 0 Å². The largest absolute Gasteiger partial charge is 0.493 e. The average molecular weight is 357 g/mol. The number of nitrogens with one attached hydrogen (secondary N) is 1. The number of hydrogen-bond acceptors (Lipinski definition) is 5. The van der Waals surface area contributed by atoms with Gasteiger partial charge in [-0.25, -0.2) is 0 Å². The van der Waals surface area contributed by atoms with E-state index in [0.29, 0.717) is 36.1 Å². The molecule has 0 bridgehead atoms. The molecule has 2 aromatic rings. The fourth-order valence-corrected chi connectivity index (χ4v) is 2.22. The number of hydrogen-bond donors (Lipinski definition) is 1. The van der Waals surface area contributed by atoms with Crippen molar-refractivity contribution in [3.05, 3.63) is 54.1 Å². The van der Waals surface area contributed by atoms with Gasteiger partial charge in [0.25, 0.3) is 0 Å². The minimum absolute atomic E-state index is 0.242. The van der Waals surface area contributed by atoms with Crippen LogP contribution in [-0.4, -0.2) is 40.5 Å². The third-order valence-corrected chi connectivity index (χ3v) is 3.49. The zero-order chi connectivity index (χ0) is 18.8. The fourth-order valence-electron chi connectivity index (χ4n) is 2.22. The molecule has 6 heteroatoms. The third-order valence-electron chi connectivity index (χ3n) is 3.49. The zero-order valence-corrected chi connectivity index (χ0v) is 15.2. The summed E-state index contributed by atoms with van der Waals surface area (Å²) in [6.07, 6.45) is 3.16. The Morgan fingerprint density at radius 1 is 1.00 bits per heavy atom. The molecule has 138 valence electrons. The Hall–Kier alpha value is -2.99. The van der Waals surface area contributed by atoms with Crippen molar-refractivity contribution < 1.29 is 23.7 Å². The van der Waals surface area contributed by atoms with Gasteiger partial charge in [-0.15, -0.1) is 0 Å². The monoisotopic (exact) mass is 357 g/mol. The molecule has 0 aliphatic heterocycles. The molecule has 0 aliphatic rings. The van der Waals surface area contributed by atoms with Gasteiger partial charge in [0.1, 0.15) is 12.4 Å². The number of methoxy groups -OCH3 is 3. The number of rotatable bonds is 9. The Bertz CT molecular complexity index is 758. The van der Waals surface area contributed by atoms with E-state index < -0.39 is 0 Å². The van der Waals surface area contributed by atoms with Crippen LogP contribution in [0.2, 0.25) is 0 Å². The zero-order valence-electron chi connectivity index (χ0n) is 15.2. The number of carbonyl (C=O) groups is 1. The predicted molar refractivity (Wildman–Crippen MR) is 101 cm³/mol. The van der Waals surface area contributed by atoms with Crippen LogP contribution in [0.4, 0.5) is 5.69 Å². The summed E-state index contributed by atoms with van der Waals surface area (Å²) in [5.41, 5.74) is 1.48. The van der Waals surface area contributed by atoms with Gasteiger partial charge in [0, 0.05) is 24.9 Å². The molecule has 1 N–H and O–H groups in total. The molecular formula is C20H23NO5. The SMILES string of the molecule is COCCOc1cccc(NC(=O)/C=C/c2ccc(OC)c(OC)c2)c1. The van der Waals surface area contributed by atoms with Gasteiger partial charge in [0.05, 0.1) is 20.8 Å². The van der Waals surface area contributed by atoms with E-state index in [9.17, 15) is 4.79 Å². The van der Waals surface area contributed by atoms with Crippen LogP contribution in [-0.2, 0) is 9.53 Å². The predicted octanol–water partition coefficient (Wildman–Crippen LogP) is 3.38. The lowest BCUT2D eigenvalue weighted by molar-refractivity contribution is -0.111. The molecule has 0 saturated carbocycles. The topological polar surface area (TPSA) is 66.0 Å². The average Bonchev–Trinajstić information content (AvgIpc) is 2.66. The van der Waals surface area contributed by atoms with Crippen LogP contribution in [0.15, 0.2) is 48.5 Å². The maximum atomic E-state index is 12.1. The number of benzene rings is 2. The second kappa shape index (κ2) is 10.1. The van der Waals surface area contributed by atoms with Crippen LogP contribution >= 0.6 is 0 Å². The van der Waals surface area contributed by atoms with Gasteiger partial charge in [-0.2, -0.15) is 0 Å². The van der Waals surface area contributed by atoms with Crippen molar-refractivity contribution in [2.24, 2.45) is 0 Å². The normalized spacial score (nSPS) is 10.6. The quantitative estimate of drug-likeness (QED) is 0.550. The first-order valence-corrected chi connectivity index (χ1v) is 8.09. The second-order valence-corrected chi connectivity index (χ2v) is 5.31. The molecule has 0 unspecified atom stereocenters. The lowest BCUT2D eigenvalue weighted by Crippen LogP contribution is -2.08. The van der Waals surface area contributed by atoms with Crippen molar-refractivity contribution >= 4 is 17.7 Å². The van der Waals surface area contributed by atoms with Gasteiger partial charge in [-0.1, -0.05) is 12.1 Å². The summed E-state index contributed by atoms with van der Waals surface area (Å²) >= 11 is 0. The Labute approximate surface area is 153 Å². The summed E-state index contributed by atoms with van der Waals surface area (Å²) in [4.78, 5) is 12.1. The Balaban J connectivity index is 1.98. The highest BCUT2D eigenvalue weighted by Gasteiger charge is 2.04. The molecule has 0 heterocycles. The molecular weight excluding hydrogens is 334 g/mol. The summed E-state index contributed by atoms with van der Waals surface area (Å²) in [7, 11) is 4.76. The molecule has 0 saturated heterocycles. The van der Waals surface area contributed by atoms with E-state index in [1.54, 1.807) is 51.7 Å². The van der Waals surface area contributed by atoms with Crippen molar-refractivity contribution in [3.8, 4) is 17.2 Å². The molecule has 0 radical (unpaired) electrons. The maximum Gasteiger partial charge on any atom is 0.248 e. The molecule has 0 aromatic heterocycles. The van der Waals surface area contributed by atoms with E-state index in [-0.39, 0.29) is 5.91 Å². The van der Waals surface area contributed by atoms with Crippen LogP contribution < -0.4 is 19.5 Å². The maximum absolute atomic E-state index is 12.1. The van der Waals surface area contributed by atoms with E-state index in [1.807, 2.05) is 18.2 Å². The summed E-state index contributed by atoms with van der Waals surface area (Å²) in [6.45, 7) is 0.956. The molecule has 0 atom stereocenters. The van der Waals surface area contributed by atoms with Crippen molar-refractivity contribution in [3.63, 3.8) is 0 Å². The molecule has 2 aromatic carbocycles. The highest BCUT2D eigenvalue weighted by atomic mass is 16.5. The molecule has 2 rings (SSSR count). The summed E-state index contributed by atoms with van der Waals surface area (Å²) in [5, 5.41) is 2.80. The fraction of sp³-hybridized carbons (Fsp3) is 0.250. The lowest BCUT2D eigenvalue weighted by Gasteiger charge is -2.08. The smallest absolute Gasteiger partial charge is 0.248 e. The Morgan fingerprint density at radius 2 is 1.81 bits per heavy atom. The molecule has 0 spiro atoms. The first kappa shape index (κ1) is 19.3. The lowest BCUT2D eigenvalue weighted by atomic mass is 10.2. The first-order chi connectivity index (χ1) is 12.7. The van der Waals surface area contributed by atoms with Crippen molar-refractivity contribution in [2.45, 2.75) is 0 Å². The van der Waals surface area contributed by atoms with Gasteiger partial charge in [0.15, 0.2) is 11.5 Å². The number of amides is 1.